The minimum Gasteiger partial charge on any atom is -0.493 e. The number of ether oxygens (including phenoxy) is 1. The molecule has 0 saturated heterocycles. The quantitative estimate of drug-likeness (QED) is 0.910. The molecule has 98 valence electrons. The minimum atomic E-state index is 0.457. The Balaban J connectivity index is 1.58. The van der Waals surface area contributed by atoms with E-state index in [1.807, 2.05) is 24.5 Å². The van der Waals surface area contributed by atoms with E-state index in [2.05, 4.69) is 35.4 Å². The van der Waals surface area contributed by atoms with Gasteiger partial charge >= 0.3 is 0 Å². The van der Waals surface area contributed by atoms with Crippen molar-refractivity contribution in [2.75, 3.05) is 13.2 Å². The van der Waals surface area contributed by atoms with Crippen molar-refractivity contribution in [2.45, 2.75) is 19.4 Å². The maximum Gasteiger partial charge on any atom is 0.122 e. The number of benzene rings is 1. The molecule has 0 spiro atoms. The molecule has 1 N–H and O–H groups in total. The molecule has 2 heterocycles. The topological polar surface area (TPSA) is 34.2 Å². The fourth-order valence-electron chi connectivity index (χ4n) is 2.48. The molecule has 1 unspecified atom stereocenters. The molecule has 3 heteroatoms. The molecule has 1 aromatic carbocycles. The zero-order valence-electron chi connectivity index (χ0n) is 11.1. The standard InChI is InChI=1S/C16H18N2O/c1-12-8-17-7-6-13(12)9-18-10-14-11-19-16-5-3-2-4-15(14)16/h2-8,14,18H,9-11H2,1H3. The maximum atomic E-state index is 5.69. The van der Waals surface area contributed by atoms with Crippen molar-refractivity contribution in [1.82, 2.24) is 10.3 Å². The molecule has 3 nitrogen and oxygen atoms in total. The second-order valence-corrected chi connectivity index (χ2v) is 4.98. The lowest BCUT2D eigenvalue weighted by Crippen LogP contribution is -2.22. The first-order chi connectivity index (χ1) is 9.34. The summed E-state index contributed by atoms with van der Waals surface area (Å²) in [6.07, 6.45) is 3.75. The summed E-state index contributed by atoms with van der Waals surface area (Å²) in [6, 6.07) is 10.4. The van der Waals surface area contributed by atoms with Gasteiger partial charge in [-0.05, 0) is 30.2 Å². The highest BCUT2D eigenvalue weighted by atomic mass is 16.5. The summed E-state index contributed by atoms with van der Waals surface area (Å²) in [5, 5.41) is 3.52. The van der Waals surface area contributed by atoms with Crippen LogP contribution in [-0.2, 0) is 6.54 Å². The molecule has 1 aliphatic heterocycles. The Labute approximate surface area is 113 Å². The monoisotopic (exact) mass is 254 g/mol. The highest BCUT2D eigenvalue weighted by Gasteiger charge is 2.22. The lowest BCUT2D eigenvalue weighted by atomic mass is 10.0. The zero-order valence-corrected chi connectivity index (χ0v) is 11.1. The van der Waals surface area contributed by atoms with Crippen molar-refractivity contribution in [3.63, 3.8) is 0 Å². The molecule has 1 aliphatic rings. The van der Waals surface area contributed by atoms with Crippen LogP contribution in [0.2, 0.25) is 0 Å². The Morgan fingerprint density at radius 2 is 2.21 bits per heavy atom. The van der Waals surface area contributed by atoms with E-state index >= 15 is 0 Å². The normalized spacial score (nSPS) is 17.0. The summed E-state index contributed by atoms with van der Waals surface area (Å²) >= 11 is 0. The van der Waals surface area contributed by atoms with Gasteiger partial charge in [0.05, 0.1) is 6.61 Å². The summed E-state index contributed by atoms with van der Waals surface area (Å²) in [5.41, 5.74) is 3.86. The van der Waals surface area contributed by atoms with Gasteiger partial charge < -0.3 is 10.1 Å². The lowest BCUT2D eigenvalue weighted by molar-refractivity contribution is 0.326. The van der Waals surface area contributed by atoms with Gasteiger partial charge in [-0.15, -0.1) is 0 Å². The summed E-state index contributed by atoms with van der Waals surface area (Å²) in [7, 11) is 0. The molecule has 1 aromatic heterocycles. The molecular weight excluding hydrogens is 236 g/mol. The Kier molecular flexibility index (Phi) is 3.47. The number of pyridine rings is 1. The van der Waals surface area contributed by atoms with E-state index in [1.165, 1.54) is 16.7 Å². The molecule has 19 heavy (non-hydrogen) atoms. The minimum absolute atomic E-state index is 0.457. The van der Waals surface area contributed by atoms with E-state index in [0.29, 0.717) is 5.92 Å². The molecule has 0 bridgehead atoms. The molecular formula is C16H18N2O. The van der Waals surface area contributed by atoms with Crippen LogP contribution in [0.25, 0.3) is 0 Å². The highest BCUT2D eigenvalue weighted by molar-refractivity contribution is 5.39. The number of hydrogen-bond acceptors (Lipinski definition) is 3. The molecule has 0 radical (unpaired) electrons. The molecule has 1 atom stereocenters. The Morgan fingerprint density at radius 1 is 1.32 bits per heavy atom. The predicted molar refractivity (Wildman–Crippen MR) is 75.4 cm³/mol. The van der Waals surface area contributed by atoms with E-state index in [0.717, 1.165) is 25.4 Å². The number of fused-ring (bicyclic) bond motifs is 1. The number of hydrogen-bond donors (Lipinski definition) is 1. The third-order valence-electron chi connectivity index (χ3n) is 3.64. The van der Waals surface area contributed by atoms with E-state index in [-0.39, 0.29) is 0 Å². The number of nitrogens with one attached hydrogen (secondary N) is 1. The van der Waals surface area contributed by atoms with Crippen molar-refractivity contribution in [3.05, 3.63) is 59.4 Å². The first-order valence-electron chi connectivity index (χ1n) is 6.66. The predicted octanol–water partition coefficient (Wildman–Crippen LogP) is 2.66. The van der Waals surface area contributed by atoms with Crippen molar-refractivity contribution < 1.29 is 4.74 Å². The third-order valence-corrected chi connectivity index (χ3v) is 3.64. The van der Waals surface area contributed by atoms with Crippen LogP contribution in [-0.4, -0.2) is 18.1 Å². The van der Waals surface area contributed by atoms with Crippen LogP contribution in [0.3, 0.4) is 0 Å². The summed E-state index contributed by atoms with van der Waals surface area (Å²) in [4.78, 5) is 4.11. The summed E-state index contributed by atoms with van der Waals surface area (Å²) < 4.78 is 5.69. The van der Waals surface area contributed by atoms with Gasteiger partial charge in [-0.2, -0.15) is 0 Å². The van der Waals surface area contributed by atoms with Crippen molar-refractivity contribution in [2.24, 2.45) is 0 Å². The molecule has 2 aromatic rings. The fraction of sp³-hybridized carbons (Fsp3) is 0.312. The van der Waals surface area contributed by atoms with Crippen LogP contribution in [0.5, 0.6) is 5.75 Å². The highest BCUT2D eigenvalue weighted by Crippen LogP contribution is 2.32. The van der Waals surface area contributed by atoms with Crippen molar-refractivity contribution in [1.29, 1.82) is 0 Å². The van der Waals surface area contributed by atoms with Gasteiger partial charge in [-0.3, -0.25) is 4.98 Å². The number of para-hydroxylation sites is 1. The largest absolute Gasteiger partial charge is 0.493 e. The molecule has 0 aliphatic carbocycles. The maximum absolute atomic E-state index is 5.69. The van der Waals surface area contributed by atoms with Crippen LogP contribution >= 0.6 is 0 Å². The lowest BCUT2D eigenvalue weighted by Gasteiger charge is -2.11. The van der Waals surface area contributed by atoms with Crippen LogP contribution in [0.15, 0.2) is 42.7 Å². The second kappa shape index (κ2) is 5.41. The Bertz CT molecular complexity index is 568. The average Bonchev–Trinajstić information content (AvgIpc) is 2.85. The molecule has 3 rings (SSSR count). The van der Waals surface area contributed by atoms with Crippen LogP contribution in [0.1, 0.15) is 22.6 Å². The molecule has 0 fully saturated rings. The van der Waals surface area contributed by atoms with Gasteiger partial charge in [0.25, 0.3) is 0 Å². The second-order valence-electron chi connectivity index (χ2n) is 4.98. The smallest absolute Gasteiger partial charge is 0.122 e. The Morgan fingerprint density at radius 3 is 3.11 bits per heavy atom. The van der Waals surface area contributed by atoms with Gasteiger partial charge in [-0.1, -0.05) is 18.2 Å². The molecule has 0 amide bonds. The van der Waals surface area contributed by atoms with Gasteiger partial charge in [0.1, 0.15) is 5.75 Å². The van der Waals surface area contributed by atoms with Crippen LogP contribution in [0.4, 0.5) is 0 Å². The van der Waals surface area contributed by atoms with Gasteiger partial charge in [0, 0.05) is 37.0 Å². The SMILES string of the molecule is Cc1cnccc1CNCC1COc2ccccc21. The number of aromatic nitrogens is 1. The number of nitrogens with zero attached hydrogens (tertiary/aromatic N) is 1. The third kappa shape index (κ3) is 2.61. The Hall–Kier alpha value is -1.87. The van der Waals surface area contributed by atoms with Crippen molar-refractivity contribution in [3.8, 4) is 5.75 Å². The van der Waals surface area contributed by atoms with Gasteiger partial charge in [0.15, 0.2) is 0 Å². The van der Waals surface area contributed by atoms with E-state index in [9.17, 15) is 0 Å². The van der Waals surface area contributed by atoms with Gasteiger partial charge in [0.2, 0.25) is 0 Å². The average molecular weight is 254 g/mol. The first kappa shape index (κ1) is 12.2. The van der Waals surface area contributed by atoms with E-state index in [1.54, 1.807) is 0 Å². The number of aryl methyl sites for hydroxylation is 1. The van der Waals surface area contributed by atoms with E-state index in [4.69, 9.17) is 4.74 Å². The van der Waals surface area contributed by atoms with Crippen molar-refractivity contribution >= 4 is 0 Å². The molecule has 0 saturated carbocycles. The number of rotatable bonds is 4. The summed E-state index contributed by atoms with van der Waals surface area (Å²) in [5.74, 6) is 1.49. The summed E-state index contributed by atoms with van der Waals surface area (Å²) in [6.45, 7) is 4.70. The van der Waals surface area contributed by atoms with Crippen LogP contribution < -0.4 is 10.1 Å². The fourth-order valence-corrected chi connectivity index (χ4v) is 2.48. The zero-order chi connectivity index (χ0) is 13.1. The van der Waals surface area contributed by atoms with E-state index < -0.39 is 0 Å². The van der Waals surface area contributed by atoms with Gasteiger partial charge in [-0.25, -0.2) is 0 Å². The van der Waals surface area contributed by atoms with Crippen LogP contribution in [0, 0.1) is 6.92 Å². The first-order valence-corrected chi connectivity index (χ1v) is 6.66.